The van der Waals surface area contributed by atoms with Crippen LogP contribution in [0.5, 0.6) is 11.5 Å². The summed E-state index contributed by atoms with van der Waals surface area (Å²) in [5.41, 5.74) is 6.45. The van der Waals surface area contributed by atoms with E-state index in [0.717, 1.165) is 19.3 Å². The molecule has 11 nitrogen and oxygen atoms in total. The Morgan fingerprint density at radius 2 is 1.32 bits per heavy atom. The van der Waals surface area contributed by atoms with Gasteiger partial charge in [-0.3, -0.25) is 9.59 Å². The monoisotopic (exact) mass is 581 g/mol. The first kappa shape index (κ1) is 35.7. The maximum Gasteiger partial charge on any atom is 0.514 e. The van der Waals surface area contributed by atoms with Gasteiger partial charge in [0, 0.05) is 5.92 Å². The molecule has 0 radical (unpaired) electrons. The Morgan fingerprint density at radius 3 is 1.80 bits per heavy atom. The molecule has 0 saturated heterocycles. The number of carbonyl (C=O) groups is 4. The summed E-state index contributed by atoms with van der Waals surface area (Å²) < 4.78 is 26.7. The highest BCUT2D eigenvalue weighted by atomic mass is 16.7. The first-order valence-corrected chi connectivity index (χ1v) is 14.4. The molecule has 0 aliphatic rings. The molecule has 11 heteroatoms. The van der Waals surface area contributed by atoms with Gasteiger partial charge >= 0.3 is 24.2 Å². The lowest BCUT2D eigenvalue weighted by atomic mass is 9.82. The molecule has 1 aromatic carbocycles. The minimum atomic E-state index is -1.38. The first-order chi connectivity index (χ1) is 19.3. The molecule has 1 aromatic rings. The van der Waals surface area contributed by atoms with Gasteiger partial charge in [-0.05, 0) is 56.7 Å². The van der Waals surface area contributed by atoms with Crippen molar-refractivity contribution in [1.82, 2.24) is 0 Å². The predicted octanol–water partition coefficient (Wildman–Crippen LogP) is 6.21. The van der Waals surface area contributed by atoms with Crippen LogP contribution in [0.15, 0.2) is 18.2 Å². The molecule has 0 aliphatic heterocycles. The fourth-order valence-corrected chi connectivity index (χ4v) is 4.44. The zero-order chi connectivity index (χ0) is 31.1. The number of benzene rings is 1. The van der Waals surface area contributed by atoms with Crippen molar-refractivity contribution in [2.24, 2.45) is 17.6 Å². The Hall–Kier alpha value is -3.34. The van der Waals surface area contributed by atoms with Gasteiger partial charge in [0.2, 0.25) is 0 Å². The van der Waals surface area contributed by atoms with Crippen molar-refractivity contribution in [1.29, 1.82) is 0 Å². The average Bonchev–Trinajstić information content (AvgIpc) is 2.88. The van der Waals surface area contributed by atoms with E-state index >= 15 is 0 Å². The van der Waals surface area contributed by atoms with Crippen molar-refractivity contribution in [3.8, 4) is 11.5 Å². The highest BCUT2D eigenvalue weighted by Gasteiger charge is 2.33. The highest BCUT2D eigenvalue weighted by Crippen LogP contribution is 2.36. The molecule has 0 heterocycles. The maximum atomic E-state index is 12.6. The number of aliphatic carboxylic acids is 1. The van der Waals surface area contributed by atoms with Gasteiger partial charge < -0.3 is 34.5 Å². The van der Waals surface area contributed by atoms with E-state index in [1.807, 2.05) is 20.8 Å². The van der Waals surface area contributed by atoms with Crippen LogP contribution in [-0.2, 0) is 23.8 Å². The normalized spacial score (nSPS) is 15.4. The number of rotatable bonds is 17. The molecule has 3 N–H and O–H groups in total. The lowest BCUT2D eigenvalue weighted by molar-refractivity contribution is -0.149. The number of nitrogens with two attached hydrogens (primary N) is 1. The van der Waals surface area contributed by atoms with Crippen LogP contribution in [0.1, 0.15) is 98.5 Å². The van der Waals surface area contributed by atoms with Gasteiger partial charge in [-0.15, -0.1) is 0 Å². The van der Waals surface area contributed by atoms with Gasteiger partial charge in [0.1, 0.15) is 18.2 Å². The van der Waals surface area contributed by atoms with Crippen molar-refractivity contribution in [2.45, 2.75) is 111 Å². The Bertz CT molecular complexity index is 997. The van der Waals surface area contributed by atoms with Crippen molar-refractivity contribution in [2.75, 3.05) is 6.61 Å². The van der Waals surface area contributed by atoms with Crippen LogP contribution in [0, 0.1) is 11.8 Å². The highest BCUT2D eigenvalue weighted by molar-refractivity contribution is 5.75. The largest absolute Gasteiger partial charge is 0.514 e. The molecule has 0 saturated carbocycles. The summed E-state index contributed by atoms with van der Waals surface area (Å²) in [7, 11) is 0. The Labute approximate surface area is 243 Å². The van der Waals surface area contributed by atoms with Crippen LogP contribution in [-0.4, -0.2) is 54.2 Å². The molecule has 232 valence electrons. The number of esters is 1. The third-order valence-electron chi connectivity index (χ3n) is 6.62. The predicted molar refractivity (Wildman–Crippen MR) is 152 cm³/mol. The second-order valence-electron chi connectivity index (χ2n) is 10.5. The topological polar surface area (TPSA) is 161 Å². The summed E-state index contributed by atoms with van der Waals surface area (Å²) in [6, 6.07) is 2.87. The van der Waals surface area contributed by atoms with Crippen LogP contribution < -0.4 is 15.2 Å². The van der Waals surface area contributed by atoms with E-state index in [2.05, 4.69) is 0 Å². The SMILES string of the molecule is CCCC(C)OC(=O)Oc1ccc(C(C(C)COC(=O)C(C)CCC)[C@H](N)C(=O)O)cc1OC(=O)OC(C)CCC. The van der Waals surface area contributed by atoms with E-state index in [-0.39, 0.29) is 30.0 Å². The van der Waals surface area contributed by atoms with Crippen LogP contribution in [0.25, 0.3) is 0 Å². The number of hydrogen-bond donors (Lipinski definition) is 2. The van der Waals surface area contributed by atoms with Crippen molar-refractivity contribution in [3.63, 3.8) is 0 Å². The van der Waals surface area contributed by atoms with Crippen LogP contribution in [0.3, 0.4) is 0 Å². The van der Waals surface area contributed by atoms with Crippen molar-refractivity contribution >= 4 is 24.2 Å². The van der Waals surface area contributed by atoms with Gasteiger partial charge in [-0.1, -0.05) is 59.9 Å². The fourth-order valence-electron chi connectivity index (χ4n) is 4.44. The lowest BCUT2D eigenvalue weighted by Crippen LogP contribution is -2.40. The van der Waals surface area contributed by atoms with E-state index in [4.69, 9.17) is 29.4 Å². The number of carbonyl (C=O) groups excluding carboxylic acids is 3. The van der Waals surface area contributed by atoms with Gasteiger partial charge in [-0.2, -0.15) is 0 Å². The molecular weight excluding hydrogens is 534 g/mol. The average molecular weight is 582 g/mol. The number of carboxylic acids is 1. The standard InChI is InChI=1S/C30H47NO10/c1-8-11-18(4)28(34)37-17-19(5)25(26(31)27(32)33)22-14-15-23(40-29(35)38-20(6)12-9-2)24(16-22)41-30(36)39-21(7)13-10-3/h14-16,18-21,25-26H,8-13,17,31H2,1-7H3,(H,32,33)/t18?,19?,20?,21?,25?,26-/m0/s1. The number of carboxylic acid groups (broad SMARTS) is 1. The molecule has 6 atom stereocenters. The molecule has 0 fully saturated rings. The Balaban J connectivity index is 3.36. The summed E-state index contributed by atoms with van der Waals surface area (Å²) in [5, 5.41) is 9.74. The maximum absolute atomic E-state index is 12.6. The first-order valence-electron chi connectivity index (χ1n) is 14.4. The fraction of sp³-hybridized carbons (Fsp3) is 0.667. The molecule has 0 aromatic heterocycles. The Kier molecular flexibility index (Phi) is 15.8. The summed E-state index contributed by atoms with van der Waals surface area (Å²) in [6.07, 6.45) is 1.50. The molecule has 5 unspecified atom stereocenters. The molecular formula is C30H47NO10. The number of hydrogen-bond acceptors (Lipinski definition) is 10. The van der Waals surface area contributed by atoms with Gasteiger partial charge in [0.05, 0.1) is 12.5 Å². The van der Waals surface area contributed by atoms with Gasteiger partial charge in [0.15, 0.2) is 11.5 Å². The van der Waals surface area contributed by atoms with Crippen LogP contribution in [0.2, 0.25) is 0 Å². The zero-order valence-electron chi connectivity index (χ0n) is 25.3. The third-order valence-corrected chi connectivity index (χ3v) is 6.62. The minimum absolute atomic E-state index is 0.0782. The minimum Gasteiger partial charge on any atom is -0.480 e. The van der Waals surface area contributed by atoms with E-state index in [1.54, 1.807) is 27.7 Å². The lowest BCUT2D eigenvalue weighted by Gasteiger charge is -2.28. The van der Waals surface area contributed by atoms with Gasteiger partial charge in [0.25, 0.3) is 0 Å². The second-order valence-corrected chi connectivity index (χ2v) is 10.5. The number of ether oxygens (including phenoxy) is 5. The summed E-state index contributed by atoms with van der Waals surface area (Å²) in [5.74, 6) is -3.64. The summed E-state index contributed by atoms with van der Waals surface area (Å²) >= 11 is 0. The van der Waals surface area contributed by atoms with Gasteiger partial charge in [-0.25, -0.2) is 9.59 Å². The zero-order valence-corrected chi connectivity index (χ0v) is 25.3. The second kappa shape index (κ2) is 18.2. The third kappa shape index (κ3) is 12.4. The smallest absolute Gasteiger partial charge is 0.480 e. The van der Waals surface area contributed by atoms with Crippen LogP contribution in [0.4, 0.5) is 9.59 Å². The molecule has 0 aliphatic carbocycles. The molecule has 0 amide bonds. The molecule has 41 heavy (non-hydrogen) atoms. The van der Waals surface area contributed by atoms with E-state index in [1.165, 1.54) is 18.2 Å². The Morgan fingerprint density at radius 1 is 0.805 bits per heavy atom. The van der Waals surface area contributed by atoms with Crippen LogP contribution >= 0.6 is 0 Å². The molecule has 0 spiro atoms. The van der Waals surface area contributed by atoms with Crippen molar-refractivity contribution < 1.29 is 48.0 Å². The summed E-state index contributed by atoms with van der Waals surface area (Å²) in [4.78, 5) is 49.3. The molecule has 0 bridgehead atoms. The van der Waals surface area contributed by atoms with Crippen molar-refractivity contribution in [3.05, 3.63) is 23.8 Å². The van der Waals surface area contributed by atoms with E-state index < -0.39 is 48.4 Å². The van der Waals surface area contributed by atoms with E-state index in [9.17, 15) is 24.3 Å². The van der Waals surface area contributed by atoms with E-state index in [0.29, 0.717) is 24.8 Å². The molecule has 1 rings (SSSR count). The quantitative estimate of drug-likeness (QED) is 0.122. The summed E-state index contributed by atoms with van der Waals surface area (Å²) in [6.45, 7) is 12.7.